The molecule has 90 valence electrons. The van der Waals surface area contributed by atoms with Gasteiger partial charge in [0.25, 0.3) is 11.5 Å². The van der Waals surface area contributed by atoms with E-state index in [0.717, 1.165) is 0 Å². The lowest BCUT2D eigenvalue weighted by Gasteiger charge is -2.05. The highest BCUT2D eigenvalue weighted by Gasteiger charge is 2.21. The van der Waals surface area contributed by atoms with Crippen LogP contribution in [0.5, 0.6) is 0 Å². The van der Waals surface area contributed by atoms with Crippen molar-refractivity contribution in [2.45, 2.75) is 19.8 Å². The zero-order valence-corrected chi connectivity index (χ0v) is 9.52. The molecule has 0 saturated heterocycles. The van der Waals surface area contributed by atoms with Crippen LogP contribution in [0.1, 0.15) is 35.7 Å². The Kier molecular flexibility index (Phi) is 2.68. The highest BCUT2D eigenvalue weighted by molar-refractivity contribution is 5.97. The lowest BCUT2D eigenvalue weighted by atomic mass is 10.00. The molecule has 2 aromatic rings. The van der Waals surface area contributed by atoms with Gasteiger partial charge < -0.3 is 4.98 Å². The molecule has 0 fully saturated rings. The number of hydrogen-bond acceptors (Lipinski definition) is 4. The molecule has 7 nitrogen and oxygen atoms in total. The monoisotopic (exact) mass is 235 g/mol. The third-order valence-electron chi connectivity index (χ3n) is 2.57. The lowest BCUT2D eigenvalue weighted by molar-refractivity contribution is 0.0952. The molecule has 0 saturated carbocycles. The van der Waals surface area contributed by atoms with Crippen molar-refractivity contribution in [3.8, 4) is 0 Å². The summed E-state index contributed by atoms with van der Waals surface area (Å²) in [6.07, 6.45) is 2.78. The van der Waals surface area contributed by atoms with Gasteiger partial charge in [-0.05, 0) is 5.92 Å². The van der Waals surface area contributed by atoms with Gasteiger partial charge in [-0.25, -0.2) is 10.4 Å². The Hall–Kier alpha value is -2.15. The van der Waals surface area contributed by atoms with Gasteiger partial charge in [0.2, 0.25) is 0 Å². The van der Waals surface area contributed by atoms with Crippen LogP contribution >= 0.6 is 0 Å². The van der Waals surface area contributed by atoms with E-state index in [9.17, 15) is 9.59 Å². The second-order valence-corrected chi connectivity index (χ2v) is 4.00. The van der Waals surface area contributed by atoms with Crippen LogP contribution in [-0.4, -0.2) is 20.5 Å². The Balaban J connectivity index is 2.86. The number of carbonyl (C=O) groups is 1. The third-order valence-corrected chi connectivity index (χ3v) is 2.57. The molecule has 17 heavy (non-hydrogen) atoms. The second kappa shape index (κ2) is 4.02. The summed E-state index contributed by atoms with van der Waals surface area (Å²) in [4.78, 5) is 25.9. The number of fused-ring (bicyclic) bond motifs is 1. The summed E-state index contributed by atoms with van der Waals surface area (Å²) < 4.78 is 1.39. The van der Waals surface area contributed by atoms with Crippen molar-refractivity contribution < 1.29 is 4.79 Å². The molecule has 0 aliphatic heterocycles. The van der Waals surface area contributed by atoms with E-state index >= 15 is 0 Å². The summed E-state index contributed by atoms with van der Waals surface area (Å²) in [5.74, 6) is 4.70. The number of hydrazine groups is 1. The Morgan fingerprint density at radius 2 is 2.29 bits per heavy atom. The van der Waals surface area contributed by atoms with Gasteiger partial charge in [0, 0.05) is 11.8 Å². The normalized spacial score (nSPS) is 11.1. The number of amides is 1. The van der Waals surface area contributed by atoms with Crippen LogP contribution in [0.2, 0.25) is 0 Å². The van der Waals surface area contributed by atoms with Gasteiger partial charge in [0.15, 0.2) is 0 Å². The van der Waals surface area contributed by atoms with Crippen LogP contribution in [0.25, 0.3) is 5.52 Å². The number of H-pyrrole nitrogens is 1. The van der Waals surface area contributed by atoms with E-state index in [2.05, 4.69) is 15.5 Å². The molecule has 2 aromatic heterocycles. The fraction of sp³-hybridized carbons (Fsp3) is 0.300. The van der Waals surface area contributed by atoms with Crippen molar-refractivity contribution in [2.24, 2.45) is 5.84 Å². The number of nitrogen functional groups attached to an aromatic ring is 1. The summed E-state index contributed by atoms with van der Waals surface area (Å²) in [5.41, 5.74) is 3.17. The minimum absolute atomic E-state index is 0.0117. The zero-order chi connectivity index (χ0) is 12.6. The van der Waals surface area contributed by atoms with E-state index in [4.69, 9.17) is 5.84 Å². The van der Waals surface area contributed by atoms with Crippen molar-refractivity contribution in [1.29, 1.82) is 0 Å². The molecule has 0 radical (unpaired) electrons. The Labute approximate surface area is 96.6 Å². The van der Waals surface area contributed by atoms with Crippen LogP contribution in [0.4, 0.5) is 0 Å². The molecule has 2 rings (SSSR count). The molecule has 0 unspecified atom stereocenters. The van der Waals surface area contributed by atoms with Crippen LogP contribution in [-0.2, 0) is 0 Å². The summed E-state index contributed by atoms with van der Waals surface area (Å²) >= 11 is 0. The van der Waals surface area contributed by atoms with Gasteiger partial charge in [-0.15, -0.1) is 0 Å². The van der Waals surface area contributed by atoms with E-state index in [1.807, 2.05) is 13.8 Å². The predicted molar refractivity (Wildman–Crippen MR) is 61.6 cm³/mol. The number of aromatic amines is 1. The van der Waals surface area contributed by atoms with Crippen molar-refractivity contribution in [1.82, 2.24) is 20.0 Å². The molecule has 2 heterocycles. The predicted octanol–water partition coefficient (Wildman–Crippen LogP) is -0.251. The molecule has 0 atom stereocenters. The largest absolute Gasteiger partial charge is 0.310 e. The Bertz CT molecular complexity index is 625. The number of carbonyl (C=O) groups excluding carboxylic acids is 1. The maximum Gasteiger partial charge on any atom is 0.275 e. The first kappa shape index (κ1) is 11.3. The number of hydrogen-bond donors (Lipinski definition) is 3. The number of aromatic nitrogens is 3. The van der Waals surface area contributed by atoms with Gasteiger partial charge in [-0.1, -0.05) is 13.8 Å². The van der Waals surface area contributed by atoms with Crippen molar-refractivity contribution >= 4 is 11.4 Å². The zero-order valence-electron chi connectivity index (χ0n) is 9.52. The Morgan fingerprint density at radius 1 is 1.59 bits per heavy atom. The van der Waals surface area contributed by atoms with Gasteiger partial charge in [-0.3, -0.25) is 15.0 Å². The summed E-state index contributed by atoms with van der Waals surface area (Å²) in [7, 11) is 0. The van der Waals surface area contributed by atoms with Crippen LogP contribution in [0.3, 0.4) is 0 Å². The fourth-order valence-corrected chi connectivity index (χ4v) is 1.89. The number of nitrogens with zero attached hydrogens (tertiary/aromatic N) is 2. The highest BCUT2D eigenvalue weighted by Crippen LogP contribution is 2.23. The standard InChI is InChI=1S/C10H13N5O2/c1-5(2)7-6(9(16)14-11)3-15-8(7)10(17)12-4-13-15/h3-5H,11H2,1-2H3,(H,14,16)(H,12,13,17). The fourth-order valence-electron chi connectivity index (χ4n) is 1.89. The number of rotatable bonds is 2. The lowest BCUT2D eigenvalue weighted by Crippen LogP contribution is -2.30. The van der Waals surface area contributed by atoms with Crippen LogP contribution < -0.4 is 16.8 Å². The summed E-state index contributed by atoms with van der Waals surface area (Å²) in [5, 5.41) is 3.96. The molecule has 1 amide bonds. The van der Waals surface area contributed by atoms with Gasteiger partial charge in [0.05, 0.1) is 5.56 Å². The average molecular weight is 235 g/mol. The van der Waals surface area contributed by atoms with E-state index in [1.165, 1.54) is 17.0 Å². The first-order chi connectivity index (χ1) is 8.06. The molecule has 0 aliphatic carbocycles. The maximum atomic E-state index is 11.7. The molecule has 0 aliphatic rings. The third kappa shape index (κ3) is 1.70. The molecular weight excluding hydrogens is 222 g/mol. The molecule has 0 bridgehead atoms. The summed E-state index contributed by atoms with van der Waals surface area (Å²) in [6.45, 7) is 3.80. The molecule has 7 heteroatoms. The van der Waals surface area contributed by atoms with E-state index in [-0.39, 0.29) is 11.5 Å². The van der Waals surface area contributed by atoms with Crippen molar-refractivity contribution in [3.05, 3.63) is 34.0 Å². The minimum Gasteiger partial charge on any atom is -0.310 e. The van der Waals surface area contributed by atoms with Crippen LogP contribution in [0, 0.1) is 0 Å². The first-order valence-electron chi connectivity index (χ1n) is 5.16. The minimum atomic E-state index is -0.432. The molecular formula is C10H13N5O2. The first-order valence-corrected chi connectivity index (χ1v) is 5.16. The van der Waals surface area contributed by atoms with E-state index < -0.39 is 5.91 Å². The van der Waals surface area contributed by atoms with E-state index in [1.54, 1.807) is 0 Å². The maximum absolute atomic E-state index is 11.7. The smallest absolute Gasteiger partial charge is 0.275 e. The second-order valence-electron chi connectivity index (χ2n) is 4.00. The van der Waals surface area contributed by atoms with Crippen molar-refractivity contribution in [3.63, 3.8) is 0 Å². The van der Waals surface area contributed by atoms with E-state index in [0.29, 0.717) is 16.6 Å². The molecule has 0 aromatic carbocycles. The topological polar surface area (TPSA) is 105 Å². The van der Waals surface area contributed by atoms with Gasteiger partial charge in [-0.2, -0.15) is 5.10 Å². The number of nitrogens with one attached hydrogen (secondary N) is 2. The number of nitrogens with two attached hydrogens (primary N) is 1. The van der Waals surface area contributed by atoms with Crippen LogP contribution in [0.15, 0.2) is 17.3 Å². The van der Waals surface area contributed by atoms with Gasteiger partial charge >= 0.3 is 0 Å². The van der Waals surface area contributed by atoms with Gasteiger partial charge in [0.1, 0.15) is 11.8 Å². The average Bonchev–Trinajstić information content (AvgIpc) is 2.68. The Morgan fingerprint density at radius 3 is 2.88 bits per heavy atom. The quantitative estimate of drug-likeness (QED) is 0.379. The molecule has 4 N–H and O–H groups in total. The van der Waals surface area contributed by atoms with Crippen molar-refractivity contribution in [2.75, 3.05) is 0 Å². The molecule has 0 spiro atoms. The summed E-state index contributed by atoms with van der Waals surface area (Å²) in [6, 6.07) is 0. The SMILES string of the molecule is CC(C)c1c(C(=O)NN)cn2nc[nH]c(=O)c12. The highest BCUT2D eigenvalue weighted by atomic mass is 16.2.